The molecule has 0 bridgehead atoms. The Labute approximate surface area is 118 Å². The third-order valence-electron chi connectivity index (χ3n) is 3.11. The van der Waals surface area contributed by atoms with Crippen LogP contribution >= 0.6 is 0 Å². The quantitative estimate of drug-likeness (QED) is 0.934. The van der Waals surface area contributed by atoms with Crippen LogP contribution in [-0.4, -0.2) is 17.1 Å². The Morgan fingerprint density at radius 2 is 1.95 bits per heavy atom. The van der Waals surface area contributed by atoms with E-state index in [0.29, 0.717) is 12.2 Å². The fraction of sp³-hybridized carbons (Fsp3) is 0.375. The topological polar surface area (TPSA) is 55.0 Å². The van der Waals surface area contributed by atoms with Crippen molar-refractivity contribution in [3.63, 3.8) is 0 Å². The number of benzene rings is 1. The van der Waals surface area contributed by atoms with Crippen molar-refractivity contribution in [1.82, 2.24) is 9.97 Å². The van der Waals surface area contributed by atoms with Crippen LogP contribution in [0.4, 0.5) is 0 Å². The molecule has 0 unspecified atom stereocenters. The molecule has 1 N–H and O–H groups in total. The van der Waals surface area contributed by atoms with Gasteiger partial charge < -0.3 is 9.72 Å². The third-order valence-corrected chi connectivity index (χ3v) is 3.11. The van der Waals surface area contributed by atoms with Crippen molar-refractivity contribution < 1.29 is 4.74 Å². The van der Waals surface area contributed by atoms with E-state index in [0.717, 1.165) is 17.0 Å². The van der Waals surface area contributed by atoms with Gasteiger partial charge in [-0.1, -0.05) is 39.0 Å². The monoisotopic (exact) mass is 272 g/mol. The highest BCUT2D eigenvalue weighted by atomic mass is 16.5. The van der Waals surface area contributed by atoms with Gasteiger partial charge >= 0.3 is 0 Å². The molecule has 0 saturated carbocycles. The Balaban J connectivity index is 2.39. The first-order valence-corrected chi connectivity index (χ1v) is 6.63. The number of nitrogens with zero attached hydrogens (tertiary/aromatic N) is 1. The number of hydrogen-bond donors (Lipinski definition) is 1. The van der Waals surface area contributed by atoms with Crippen molar-refractivity contribution in [1.29, 1.82) is 0 Å². The largest absolute Gasteiger partial charge is 0.496 e. The number of H-pyrrole nitrogens is 1. The van der Waals surface area contributed by atoms with Gasteiger partial charge in [0.05, 0.1) is 12.8 Å². The van der Waals surface area contributed by atoms with Gasteiger partial charge in [-0.25, -0.2) is 4.98 Å². The number of ether oxygens (including phenoxy) is 1. The lowest BCUT2D eigenvalue weighted by atomic mass is 9.92. The van der Waals surface area contributed by atoms with Crippen molar-refractivity contribution >= 4 is 0 Å². The Morgan fingerprint density at radius 1 is 1.25 bits per heavy atom. The Morgan fingerprint density at radius 3 is 2.60 bits per heavy atom. The predicted molar refractivity (Wildman–Crippen MR) is 79.4 cm³/mol. The van der Waals surface area contributed by atoms with E-state index in [4.69, 9.17) is 4.74 Å². The van der Waals surface area contributed by atoms with E-state index in [2.05, 4.69) is 9.97 Å². The van der Waals surface area contributed by atoms with Crippen LogP contribution in [0.2, 0.25) is 0 Å². The summed E-state index contributed by atoms with van der Waals surface area (Å²) in [5.74, 6) is 1.46. The highest BCUT2D eigenvalue weighted by Crippen LogP contribution is 2.21. The zero-order chi connectivity index (χ0) is 14.8. The Bertz CT molecular complexity index is 654. The lowest BCUT2D eigenvalue weighted by molar-refractivity contribution is 0.410. The van der Waals surface area contributed by atoms with Gasteiger partial charge in [0.15, 0.2) is 0 Å². The average molecular weight is 272 g/mol. The summed E-state index contributed by atoms with van der Waals surface area (Å²) < 4.78 is 5.33. The molecule has 0 amide bonds. The van der Waals surface area contributed by atoms with Gasteiger partial charge in [-0.05, 0) is 6.07 Å². The second-order valence-electron chi connectivity index (χ2n) is 5.82. The van der Waals surface area contributed by atoms with Crippen LogP contribution in [0.5, 0.6) is 5.75 Å². The van der Waals surface area contributed by atoms with E-state index in [1.54, 1.807) is 13.2 Å². The average Bonchev–Trinajstić information content (AvgIpc) is 2.37. The molecule has 1 aromatic carbocycles. The van der Waals surface area contributed by atoms with E-state index < -0.39 is 0 Å². The standard InChI is InChI=1S/C16H20N2O2/c1-16(2,3)13-10-15(19)18-14(17-13)9-11-7-5-6-8-12(11)20-4/h5-8,10H,9H2,1-4H3,(H,17,18,19). The van der Waals surface area contributed by atoms with Gasteiger partial charge in [-0.3, -0.25) is 4.79 Å². The molecule has 20 heavy (non-hydrogen) atoms. The maximum absolute atomic E-state index is 11.8. The van der Waals surface area contributed by atoms with Crippen LogP contribution in [0.25, 0.3) is 0 Å². The summed E-state index contributed by atoms with van der Waals surface area (Å²) in [4.78, 5) is 19.1. The Hall–Kier alpha value is -2.10. The fourth-order valence-corrected chi connectivity index (χ4v) is 2.01. The molecule has 2 rings (SSSR count). The maximum atomic E-state index is 11.8. The fourth-order valence-electron chi connectivity index (χ4n) is 2.01. The van der Waals surface area contributed by atoms with Crippen LogP contribution in [-0.2, 0) is 11.8 Å². The lowest BCUT2D eigenvalue weighted by Gasteiger charge is -2.18. The van der Waals surface area contributed by atoms with E-state index >= 15 is 0 Å². The minimum atomic E-state index is -0.149. The highest BCUT2D eigenvalue weighted by Gasteiger charge is 2.17. The molecule has 4 heteroatoms. The zero-order valence-electron chi connectivity index (χ0n) is 12.4. The van der Waals surface area contributed by atoms with Crippen molar-refractivity contribution in [3.8, 4) is 5.75 Å². The van der Waals surface area contributed by atoms with Crippen molar-refractivity contribution in [2.24, 2.45) is 0 Å². The molecule has 1 heterocycles. The minimum Gasteiger partial charge on any atom is -0.496 e. The maximum Gasteiger partial charge on any atom is 0.251 e. The van der Waals surface area contributed by atoms with Crippen LogP contribution < -0.4 is 10.3 Å². The molecule has 0 spiro atoms. The molecule has 4 nitrogen and oxygen atoms in total. The second kappa shape index (κ2) is 5.49. The molecule has 0 radical (unpaired) electrons. The van der Waals surface area contributed by atoms with Gasteiger partial charge in [-0.15, -0.1) is 0 Å². The molecule has 0 fully saturated rings. The van der Waals surface area contributed by atoms with Gasteiger partial charge in [0.25, 0.3) is 5.56 Å². The smallest absolute Gasteiger partial charge is 0.251 e. The summed E-state index contributed by atoms with van der Waals surface area (Å²) in [6.45, 7) is 6.13. The summed E-state index contributed by atoms with van der Waals surface area (Å²) >= 11 is 0. The second-order valence-corrected chi connectivity index (χ2v) is 5.82. The van der Waals surface area contributed by atoms with Crippen LogP contribution in [0.3, 0.4) is 0 Å². The van der Waals surface area contributed by atoms with E-state index in [-0.39, 0.29) is 11.0 Å². The first-order chi connectivity index (χ1) is 9.40. The lowest BCUT2D eigenvalue weighted by Crippen LogP contribution is -2.21. The number of methoxy groups -OCH3 is 1. The summed E-state index contributed by atoms with van der Waals surface area (Å²) in [5.41, 5.74) is 1.54. The molecule has 2 aromatic rings. The van der Waals surface area contributed by atoms with Gasteiger partial charge in [-0.2, -0.15) is 0 Å². The molecular weight excluding hydrogens is 252 g/mol. The van der Waals surface area contributed by atoms with Crippen LogP contribution in [0.15, 0.2) is 35.1 Å². The number of para-hydroxylation sites is 1. The molecule has 0 aliphatic carbocycles. The SMILES string of the molecule is COc1ccccc1Cc1nc(C(C)(C)C)cc(=O)[nH]1. The predicted octanol–water partition coefficient (Wildman–Crippen LogP) is 2.67. The Kier molecular flexibility index (Phi) is 3.93. The highest BCUT2D eigenvalue weighted by molar-refractivity contribution is 5.35. The molecule has 1 aromatic heterocycles. The van der Waals surface area contributed by atoms with Gasteiger partial charge in [0.1, 0.15) is 11.6 Å². The molecule has 0 aliphatic rings. The molecule has 0 aliphatic heterocycles. The van der Waals surface area contributed by atoms with Crippen molar-refractivity contribution in [2.75, 3.05) is 7.11 Å². The van der Waals surface area contributed by atoms with Crippen molar-refractivity contribution in [2.45, 2.75) is 32.6 Å². The van der Waals surface area contributed by atoms with E-state index in [1.165, 1.54) is 0 Å². The minimum absolute atomic E-state index is 0.116. The summed E-state index contributed by atoms with van der Waals surface area (Å²) in [6, 6.07) is 9.31. The number of nitrogens with one attached hydrogen (secondary N) is 1. The van der Waals surface area contributed by atoms with Crippen LogP contribution in [0.1, 0.15) is 37.9 Å². The molecule has 0 saturated heterocycles. The molecule has 106 valence electrons. The summed E-state index contributed by atoms with van der Waals surface area (Å²) in [6.07, 6.45) is 0.545. The van der Waals surface area contributed by atoms with E-state index in [1.807, 2.05) is 45.0 Å². The number of rotatable bonds is 3. The summed E-state index contributed by atoms with van der Waals surface area (Å²) in [5, 5.41) is 0. The zero-order valence-corrected chi connectivity index (χ0v) is 12.4. The first kappa shape index (κ1) is 14.3. The molecular formula is C16H20N2O2. The van der Waals surface area contributed by atoms with E-state index in [9.17, 15) is 4.79 Å². The van der Waals surface area contributed by atoms with Crippen molar-refractivity contribution in [3.05, 3.63) is 57.8 Å². The third kappa shape index (κ3) is 3.26. The van der Waals surface area contributed by atoms with Gasteiger partial charge in [0, 0.05) is 23.5 Å². The van der Waals surface area contributed by atoms with Crippen LogP contribution in [0, 0.1) is 0 Å². The number of aromatic amines is 1. The normalized spacial score (nSPS) is 11.4. The van der Waals surface area contributed by atoms with Gasteiger partial charge in [0.2, 0.25) is 0 Å². The number of hydrogen-bond acceptors (Lipinski definition) is 3. The summed E-state index contributed by atoms with van der Waals surface area (Å²) in [7, 11) is 1.64. The molecule has 0 atom stereocenters. The first-order valence-electron chi connectivity index (χ1n) is 6.63. The number of aromatic nitrogens is 2.